The Morgan fingerprint density at radius 1 is 0.480 bits per heavy atom. The SMILES string of the molecule is ClCc1ccccc1[Si](c1ccccc1CCl)c1ccccc1CCl. The molecule has 0 heterocycles. The van der Waals surface area contributed by atoms with Crippen LogP contribution in [0.5, 0.6) is 0 Å². The van der Waals surface area contributed by atoms with Crippen LogP contribution in [0, 0.1) is 0 Å². The first-order chi connectivity index (χ1) is 12.3. The van der Waals surface area contributed by atoms with Crippen molar-refractivity contribution in [1.29, 1.82) is 0 Å². The molecule has 0 atom stereocenters. The van der Waals surface area contributed by atoms with E-state index in [1.807, 2.05) is 18.2 Å². The van der Waals surface area contributed by atoms with Crippen molar-refractivity contribution in [3.63, 3.8) is 0 Å². The van der Waals surface area contributed by atoms with Crippen LogP contribution < -0.4 is 15.6 Å². The van der Waals surface area contributed by atoms with Crippen LogP contribution in [0.15, 0.2) is 72.8 Å². The summed E-state index contributed by atoms with van der Waals surface area (Å²) < 4.78 is 0. The molecule has 0 nitrogen and oxygen atoms in total. The molecule has 0 aliphatic rings. The first kappa shape index (κ1) is 18.5. The summed E-state index contributed by atoms with van der Waals surface area (Å²) in [4.78, 5) is 0. The van der Waals surface area contributed by atoms with Gasteiger partial charge in [-0.1, -0.05) is 72.8 Å². The molecule has 0 saturated heterocycles. The van der Waals surface area contributed by atoms with Crippen molar-refractivity contribution in [2.45, 2.75) is 17.6 Å². The second-order valence-corrected chi connectivity index (χ2v) is 8.92. The van der Waals surface area contributed by atoms with Crippen LogP contribution >= 0.6 is 34.8 Å². The second-order valence-electron chi connectivity index (χ2n) is 5.75. The Hall–Kier alpha value is -1.25. The highest BCUT2D eigenvalue weighted by atomic mass is 35.5. The molecule has 0 unspecified atom stereocenters. The van der Waals surface area contributed by atoms with Crippen molar-refractivity contribution in [2.75, 3.05) is 0 Å². The van der Waals surface area contributed by atoms with E-state index in [0.717, 1.165) is 0 Å². The van der Waals surface area contributed by atoms with Gasteiger partial charge in [0.25, 0.3) is 0 Å². The normalized spacial score (nSPS) is 11.0. The summed E-state index contributed by atoms with van der Waals surface area (Å²) in [5, 5.41) is 3.91. The molecular weight excluding hydrogens is 387 g/mol. The number of rotatable bonds is 6. The van der Waals surface area contributed by atoms with Gasteiger partial charge in [-0.2, -0.15) is 0 Å². The van der Waals surface area contributed by atoms with Crippen molar-refractivity contribution >= 4 is 59.2 Å². The molecule has 0 saturated carbocycles. The Labute approximate surface area is 166 Å². The Morgan fingerprint density at radius 3 is 1.04 bits per heavy atom. The van der Waals surface area contributed by atoms with E-state index in [1.54, 1.807) is 0 Å². The summed E-state index contributed by atoms with van der Waals surface area (Å²) in [5.74, 6) is 1.49. The zero-order valence-corrected chi connectivity index (χ0v) is 17.0. The molecular formula is C21H18Cl3Si. The summed E-state index contributed by atoms with van der Waals surface area (Å²) in [6, 6.07) is 25.3. The fourth-order valence-corrected chi connectivity index (χ4v) is 7.25. The minimum atomic E-state index is -1.26. The third kappa shape index (κ3) is 3.96. The van der Waals surface area contributed by atoms with Gasteiger partial charge in [-0.05, 0) is 32.3 Å². The molecule has 3 aromatic carbocycles. The van der Waals surface area contributed by atoms with Crippen LogP contribution in [0.3, 0.4) is 0 Å². The predicted molar refractivity (Wildman–Crippen MR) is 113 cm³/mol. The van der Waals surface area contributed by atoms with Crippen molar-refractivity contribution in [3.8, 4) is 0 Å². The van der Waals surface area contributed by atoms with Gasteiger partial charge in [0.05, 0.1) is 0 Å². The van der Waals surface area contributed by atoms with Crippen molar-refractivity contribution < 1.29 is 0 Å². The Morgan fingerprint density at radius 2 is 0.760 bits per heavy atom. The van der Waals surface area contributed by atoms with Crippen LogP contribution in [0.4, 0.5) is 0 Å². The van der Waals surface area contributed by atoms with Crippen molar-refractivity contribution in [1.82, 2.24) is 0 Å². The topological polar surface area (TPSA) is 0 Å². The largest absolute Gasteiger partial charge is 0.155 e. The molecule has 0 N–H and O–H groups in total. The average molecular weight is 405 g/mol. The lowest BCUT2D eigenvalue weighted by molar-refractivity contribution is 1.41. The lowest BCUT2D eigenvalue weighted by Crippen LogP contribution is -2.55. The standard InChI is InChI=1S/C21H18Cl3Si/c22-13-16-7-1-4-10-19(16)25(20-11-5-2-8-17(20)14-23)21-12-6-3-9-18(21)15-24/h1-12H,13-15H2. The number of alkyl halides is 3. The van der Waals surface area contributed by atoms with E-state index in [1.165, 1.54) is 32.3 Å². The number of hydrogen-bond donors (Lipinski definition) is 0. The third-order valence-corrected chi connectivity index (χ3v) is 8.24. The van der Waals surface area contributed by atoms with Gasteiger partial charge in [0.15, 0.2) is 8.80 Å². The van der Waals surface area contributed by atoms with Crippen LogP contribution in [0.2, 0.25) is 0 Å². The zero-order chi connectivity index (χ0) is 17.6. The maximum absolute atomic E-state index is 6.26. The Kier molecular flexibility index (Phi) is 6.61. The minimum absolute atomic E-state index is 0.496. The average Bonchev–Trinajstić information content (AvgIpc) is 2.69. The van der Waals surface area contributed by atoms with Gasteiger partial charge >= 0.3 is 0 Å². The molecule has 3 rings (SSSR count). The maximum atomic E-state index is 6.26. The van der Waals surface area contributed by atoms with Gasteiger partial charge in [-0.25, -0.2) is 0 Å². The van der Waals surface area contributed by atoms with E-state index in [0.29, 0.717) is 17.6 Å². The van der Waals surface area contributed by atoms with Gasteiger partial charge in [0, 0.05) is 17.6 Å². The third-order valence-electron chi connectivity index (χ3n) is 4.29. The molecule has 3 aromatic rings. The summed E-state index contributed by atoms with van der Waals surface area (Å²) in [5.41, 5.74) is 3.52. The maximum Gasteiger partial charge on any atom is 0.155 e. The van der Waals surface area contributed by atoms with Gasteiger partial charge < -0.3 is 0 Å². The van der Waals surface area contributed by atoms with Crippen LogP contribution in [-0.2, 0) is 17.6 Å². The summed E-state index contributed by atoms with van der Waals surface area (Å²) in [7, 11) is -1.26. The molecule has 1 radical (unpaired) electrons. The van der Waals surface area contributed by atoms with Crippen LogP contribution in [0.1, 0.15) is 16.7 Å². The van der Waals surface area contributed by atoms with E-state index >= 15 is 0 Å². The summed E-state index contributed by atoms with van der Waals surface area (Å²) >= 11 is 18.8. The summed E-state index contributed by atoms with van der Waals surface area (Å²) in [6.45, 7) is 0. The van der Waals surface area contributed by atoms with Crippen LogP contribution in [0.25, 0.3) is 0 Å². The lowest BCUT2D eigenvalue weighted by atomic mass is 10.2. The highest BCUT2D eigenvalue weighted by molar-refractivity contribution is 6.96. The van der Waals surface area contributed by atoms with Gasteiger partial charge in [-0.15, -0.1) is 34.8 Å². The molecule has 0 spiro atoms. The van der Waals surface area contributed by atoms with Gasteiger partial charge in [0.1, 0.15) is 0 Å². The fraction of sp³-hybridized carbons (Fsp3) is 0.143. The molecule has 0 aliphatic heterocycles. The monoisotopic (exact) mass is 403 g/mol. The number of hydrogen-bond acceptors (Lipinski definition) is 0. The van der Waals surface area contributed by atoms with E-state index in [9.17, 15) is 0 Å². The molecule has 4 heteroatoms. The molecule has 25 heavy (non-hydrogen) atoms. The smallest absolute Gasteiger partial charge is 0.122 e. The van der Waals surface area contributed by atoms with Crippen LogP contribution in [-0.4, -0.2) is 8.80 Å². The second kappa shape index (κ2) is 8.91. The van der Waals surface area contributed by atoms with Crippen molar-refractivity contribution in [2.24, 2.45) is 0 Å². The molecule has 0 amide bonds. The highest BCUT2D eigenvalue weighted by Crippen LogP contribution is 2.10. The predicted octanol–water partition coefficient (Wildman–Crippen LogP) is 4.42. The zero-order valence-electron chi connectivity index (χ0n) is 13.7. The first-order valence-corrected chi connectivity index (χ1v) is 11.2. The first-order valence-electron chi connectivity index (χ1n) is 8.09. The highest BCUT2D eigenvalue weighted by Gasteiger charge is 2.25. The molecule has 0 aliphatic carbocycles. The Bertz CT molecular complexity index is 735. The van der Waals surface area contributed by atoms with Gasteiger partial charge in [0.2, 0.25) is 0 Å². The molecule has 127 valence electrons. The van der Waals surface area contributed by atoms with Gasteiger partial charge in [-0.3, -0.25) is 0 Å². The molecule has 0 bridgehead atoms. The summed E-state index contributed by atoms with van der Waals surface area (Å²) in [6.07, 6.45) is 0. The number of benzene rings is 3. The Balaban J connectivity index is 2.29. The molecule has 0 fully saturated rings. The van der Waals surface area contributed by atoms with Crippen molar-refractivity contribution in [3.05, 3.63) is 89.5 Å². The number of halogens is 3. The quantitative estimate of drug-likeness (QED) is 0.324. The van der Waals surface area contributed by atoms with E-state index in [2.05, 4.69) is 54.6 Å². The fourth-order valence-electron chi connectivity index (χ4n) is 3.08. The van der Waals surface area contributed by atoms with E-state index in [4.69, 9.17) is 34.8 Å². The molecule has 0 aromatic heterocycles. The van der Waals surface area contributed by atoms with E-state index < -0.39 is 8.80 Å². The van der Waals surface area contributed by atoms with E-state index in [-0.39, 0.29) is 0 Å². The minimum Gasteiger partial charge on any atom is -0.122 e. The lowest BCUT2D eigenvalue weighted by Gasteiger charge is -2.23.